The van der Waals surface area contributed by atoms with Gasteiger partial charge in [0.25, 0.3) is 0 Å². The van der Waals surface area contributed by atoms with Crippen molar-refractivity contribution in [3.8, 4) is 0 Å². The van der Waals surface area contributed by atoms with E-state index in [0.717, 1.165) is 10.8 Å². The number of pyridine rings is 1. The van der Waals surface area contributed by atoms with Gasteiger partial charge in [0.2, 0.25) is 5.78 Å². The van der Waals surface area contributed by atoms with Crippen LogP contribution in [-0.2, 0) is 4.79 Å². The van der Waals surface area contributed by atoms with Crippen molar-refractivity contribution in [2.45, 2.75) is 0 Å². The molecule has 0 amide bonds. The number of aldehydes is 1. The Morgan fingerprint density at radius 1 is 1.21 bits per heavy atom. The van der Waals surface area contributed by atoms with E-state index in [4.69, 9.17) is 0 Å². The van der Waals surface area contributed by atoms with Gasteiger partial charge in [-0.25, -0.2) is 0 Å². The lowest BCUT2D eigenvalue weighted by Crippen LogP contribution is -2.02. The monoisotopic (exact) mass is 185 g/mol. The first kappa shape index (κ1) is 8.56. The molecule has 3 heteroatoms. The first-order valence-electron chi connectivity index (χ1n) is 4.15. The molecule has 0 N–H and O–H groups in total. The van der Waals surface area contributed by atoms with E-state index in [1.807, 2.05) is 24.3 Å². The van der Waals surface area contributed by atoms with E-state index in [9.17, 15) is 9.59 Å². The number of Topliss-reactive ketones (excluding diaryl/α,β-unsaturated/α-hetero) is 1. The van der Waals surface area contributed by atoms with Crippen LogP contribution in [0.1, 0.15) is 10.5 Å². The quantitative estimate of drug-likeness (QED) is 0.405. The Labute approximate surface area is 80.4 Å². The molecular weight excluding hydrogens is 178 g/mol. The van der Waals surface area contributed by atoms with Crippen molar-refractivity contribution in [2.24, 2.45) is 0 Å². The Balaban J connectivity index is 2.62. The Morgan fingerprint density at radius 2 is 1.93 bits per heavy atom. The highest BCUT2D eigenvalue weighted by molar-refractivity contribution is 6.32. The van der Waals surface area contributed by atoms with Crippen LogP contribution in [0.15, 0.2) is 36.5 Å². The van der Waals surface area contributed by atoms with Crippen molar-refractivity contribution in [2.75, 3.05) is 0 Å². The number of hydrogen-bond donors (Lipinski definition) is 0. The summed E-state index contributed by atoms with van der Waals surface area (Å²) in [5.41, 5.74) is 0.193. The Bertz CT molecular complexity index is 505. The number of benzene rings is 1. The normalized spacial score (nSPS) is 10.0. The zero-order valence-electron chi connectivity index (χ0n) is 7.31. The maximum Gasteiger partial charge on any atom is 0.243 e. The Hall–Kier alpha value is -2.03. The summed E-state index contributed by atoms with van der Waals surface area (Å²) in [6.07, 6.45) is 1.86. The molecule has 1 aromatic heterocycles. The molecule has 0 unspecified atom stereocenters. The van der Waals surface area contributed by atoms with Crippen molar-refractivity contribution in [3.05, 3.63) is 42.2 Å². The smallest absolute Gasteiger partial charge is 0.243 e. The Kier molecular flexibility index (Phi) is 2.07. The highest BCUT2D eigenvalue weighted by Crippen LogP contribution is 2.13. The highest BCUT2D eigenvalue weighted by Gasteiger charge is 2.05. The van der Waals surface area contributed by atoms with E-state index in [1.165, 1.54) is 0 Å². The Morgan fingerprint density at radius 3 is 2.64 bits per heavy atom. The first-order valence-corrected chi connectivity index (χ1v) is 4.15. The summed E-state index contributed by atoms with van der Waals surface area (Å²) < 4.78 is 0. The van der Waals surface area contributed by atoms with Crippen molar-refractivity contribution in [1.82, 2.24) is 4.98 Å². The molecule has 68 valence electrons. The highest BCUT2D eigenvalue weighted by atomic mass is 16.2. The lowest BCUT2D eigenvalue weighted by Gasteiger charge is -1.97. The first-order chi connectivity index (χ1) is 6.81. The lowest BCUT2D eigenvalue weighted by molar-refractivity contribution is -0.104. The molecule has 0 atom stereocenters. The number of carbonyl (C=O) groups is 2. The van der Waals surface area contributed by atoms with Crippen LogP contribution >= 0.6 is 0 Å². The van der Waals surface area contributed by atoms with Crippen molar-refractivity contribution < 1.29 is 9.59 Å². The summed E-state index contributed by atoms with van der Waals surface area (Å²) in [5, 5.41) is 1.86. The molecule has 0 bridgehead atoms. The number of fused-ring (bicyclic) bond motifs is 1. The average molecular weight is 185 g/mol. The summed E-state index contributed by atoms with van der Waals surface area (Å²) in [6, 6.07) is 9.16. The summed E-state index contributed by atoms with van der Waals surface area (Å²) in [5.74, 6) is -0.587. The maximum absolute atomic E-state index is 11.0. The molecule has 0 aliphatic rings. The third-order valence-corrected chi connectivity index (χ3v) is 1.99. The number of rotatable bonds is 2. The third-order valence-electron chi connectivity index (χ3n) is 1.99. The molecule has 0 saturated carbocycles. The second-order valence-corrected chi connectivity index (χ2v) is 2.90. The molecule has 3 nitrogen and oxygen atoms in total. The van der Waals surface area contributed by atoms with E-state index >= 15 is 0 Å². The molecule has 0 aliphatic heterocycles. The molecule has 1 aromatic carbocycles. The van der Waals surface area contributed by atoms with Gasteiger partial charge in [0.05, 0.1) is 0 Å². The lowest BCUT2D eigenvalue weighted by atomic mass is 10.1. The fraction of sp³-hybridized carbons (Fsp3) is 0. The van der Waals surface area contributed by atoms with Crippen molar-refractivity contribution in [3.63, 3.8) is 0 Å². The van der Waals surface area contributed by atoms with Gasteiger partial charge in [0.15, 0.2) is 6.29 Å². The summed E-state index contributed by atoms with van der Waals surface area (Å²) in [4.78, 5) is 25.2. The summed E-state index contributed by atoms with van der Waals surface area (Å²) >= 11 is 0. The minimum atomic E-state index is -0.587. The van der Waals surface area contributed by atoms with Gasteiger partial charge < -0.3 is 0 Å². The van der Waals surface area contributed by atoms with Crippen LogP contribution in [-0.4, -0.2) is 17.1 Å². The summed E-state index contributed by atoms with van der Waals surface area (Å²) in [7, 11) is 0. The molecule has 0 saturated heterocycles. The van der Waals surface area contributed by atoms with E-state index < -0.39 is 5.78 Å². The van der Waals surface area contributed by atoms with Crippen LogP contribution < -0.4 is 0 Å². The maximum atomic E-state index is 11.0. The molecule has 14 heavy (non-hydrogen) atoms. The van der Waals surface area contributed by atoms with Gasteiger partial charge in [0, 0.05) is 11.6 Å². The predicted molar refractivity (Wildman–Crippen MR) is 52.1 cm³/mol. The van der Waals surface area contributed by atoms with Crippen LogP contribution in [0.4, 0.5) is 0 Å². The molecule has 2 rings (SSSR count). The van der Waals surface area contributed by atoms with E-state index in [-0.39, 0.29) is 12.0 Å². The number of carbonyl (C=O) groups excluding carboxylic acids is 2. The minimum absolute atomic E-state index is 0.193. The fourth-order valence-electron chi connectivity index (χ4n) is 1.28. The number of nitrogens with zero attached hydrogens (tertiary/aromatic N) is 1. The van der Waals surface area contributed by atoms with Gasteiger partial charge in [-0.2, -0.15) is 0 Å². The van der Waals surface area contributed by atoms with E-state index in [2.05, 4.69) is 4.98 Å². The van der Waals surface area contributed by atoms with Gasteiger partial charge in [0.1, 0.15) is 5.69 Å². The van der Waals surface area contributed by atoms with E-state index in [0.29, 0.717) is 0 Å². The summed E-state index contributed by atoms with van der Waals surface area (Å²) in [6.45, 7) is 0. The molecule has 1 heterocycles. The van der Waals surface area contributed by atoms with Crippen LogP contribution in [0.5, 0.6) is 0 Å². The van der Waals surface area contributed by atoms with Crippen LogP contribution in [0.2, 0.25) is 0 Å². The second kappa shape index (κ2) is 3.38. The zero-order valence-corrected chi connectivity index (χ0v) is 7.31. The van der Waals surface area contributed by atoms with Gasteiger partial charge >= 0.3 is 0 Å². The standard InChI is InChI=1S/C11H7NO2/c13-7-11(14)10-5-8-3-1-2-4-9(8)6-12-10/h1-7H. The largest absolute Gasteiger partial charge is 0.294 e. The predicted octanol–water partition coefficient (Wildman–Crippen LogP) is 1.62. The van der Waals surface area contributed by atoms with E-state index in [1.54, 1.807) is 12.3 Å². The van der Waals surface area contributed by atoms with Crippen molar-refractivity contribution >= 4 is 22.8 Å². The molecule has 0 radical (unpaired) electrons. The molecular formula is C11H7NO2. The van der Waals surface area contributed by atoms with Crippen LogP contribution in [0.25, 0.3) is 10.8 Å². The number of hydrogen-bond acceptors (Lipinski definition) is 3. The topological polar surface area (TPSA) is 47.0 Å². The number of ketones is 1. The van der Waals surface area contributed by atoms with Crippen LogP contribution in [0, 0.1) is 0 Å². The van der Waals surface area contributed by atoms with Gasteiger partial charge in [-0.3, -0.25) is 14.6 Å². The van der Waals surface area contributed by atoms with Crippen molar-refractivity contribution in [1.29, 1.82) is 0 Å². The number of aromatic nitrogens is 1. The van der Waals surface area contributed by atoms with Gasteiger partial charge in [-0.15, -0.1) is 0 Å². The molecule has 2 aromatic rings. The zero-order chi connectivity index (χ0) is 9.97. The molecule has 0 aliphatic carbocycles. The van der Waals surface area contributed by atoms with Crippen LogP contribution in [0.3, 0.4) is 0 Å². The average Bonchev–Trinajstić information content (AvgIpc) is 2.27. The van der Waals surface area contributed by atoms with Gasteiger partial charge in [-0.05, 0) is 11.5 Å². The molecule has 0 fully saturated rings. The third kappa shape index (κ3) is 1.40. The SMILES string of the molecule is O=CC(=O)c1cc2ccccc2cn1. The minimum Gasteiger partial charge on any atom is -0.294 e. The van der Waals surface area contributed by atoms with Gasteiger partial charge in [-0.1, -0.05) is 24.3 Å². The fourth-order valence-corrected chi connectivity index (χ4v) is 1.28. The molecule has 0 spiro atoms. The second-order valence-electron chi connectivity index (χ2n) is 2.90.